The molecule has 0 amide bonds. The average Bonchev–Trinajstić information content (AvgIpc) is 2.27. The Labute approximate surface area is 100 Å². The molecule has 96 valence electrons. The van der Waals surface area contributed by atoms with E-state index in [-0.39, 0.29) is 0 Å². The lowest BCUT2D eigenvalue weighted by molar-refractivity contribution is 0.0588. The minimum absolute atomic E-state index is 0.325. The highest BCUT2D eigenvalue weighted by molar-refractivity contribution is 4.85. The summed E-state index contributed by atoms with van der Waals surface area (Å²) in [5.74, 6) is 1.19. The van der Waals surface area contributed by atoms with Crippen molar-refractivity contribution in [1.29, 1.82) is 0 Å². The Bertz CT molecular complexity index is 184. The summed E-state index contributed by atoms with van der Waals surface area (Å²) < 4.78 is 0. The van der Waals surface area contributed by atoms with Gasteiger partial charge < -0.3 is 14.9 Å². The minimum atomic E-state index is 0.325. The summed E-state index contributed by atoms with van der Waals surface area (Å²) in [5.41, 5.74) is 0. The van der Waals surface area contributed by atoms with Crippen LogP contribution in [0.5, 0.6) is 0 Å². The maximum absolute atomic E-state index is 9.49. The van der Waals surface area contributed by atoms with Gasteiger partial charge in [0.1, 0.15) is 0 Å². The maximum atomic E-state index is 9.49. The zero-order chi connectivity index (χ0) is 12.1. The summed E-state index contributed by atoms with van der Waals surface area (Å²) in [6.07, 6.45) is 3.62. The van der Waals surface area contributed by atoms with Crippen LogP contribution in [0, 0.1) is 11.8 Å². The van der Waals surface area contributed by atoms with Gasteiger partial charge in [-0.25, -0.2) is 0 Å². The van der Waals surface area contributed by atoms with Crippen LogP contribution in [0.3, 0.4) is 0 Å². The summed E-state index contributed by atoms with van der Waals surface area (Å²) in [7, 11) is 6.51. The SMILES string of the molecule is CCC(CO)C(C1CCN(C)CC1)N(C)C. The van der Waals surface area contributed by atoms with Crippen molar-refractivity contribution in [2.45, 2.75) is 32.2 Å². The molecule has 0 aliphatic carbocycles. The summed E-state index contributed by atoms with van der Waals surface area (Å²) in [6.45, 7) is 4.92. The van der Waals surface area contributed by atoms with Crippen LogP contribution in [0.15, 0.2) is 0 Å². The normalized spacial score (nSPS) is 23.6. The van der Waals surface area contributed by atoms with Gasteiger partial charge >= 0.3 is 0 Å². The van der Waals surface area contributed by atoms with E-state index >= 15 is 0 Å². The molecule has 0 bridgehead atoms. The van der Waals surface area contributed by atoms with Crippen LogP contribution in [0.2, 0.25) is 0 Å². The molecule has 0 aromatic carbocycles. The third-order valence-electron chi connectivity index (χ3n) is 4.08. The fourth-order valence-corrected chi connectivity index (χ4v) is 3.08. The number of rotatable bonds is 5. The maximum Gasteiger partial charge on any atom is 0.0474 e. The summed E-state index contributed by atoms with van der Waals surface area (Å²) in [6, 6.07) is 0.545. The minimum Gasteiger partial charge on any atom is -0.396 e. The van der Waals surface area contributed by atoms with Crippen LogP contribution >= 0.6 is 0 Å². The van der Waals surface area contributed by atoms with Gasteiger partial charge in [0.05, 0.1) is 0 Å². The van der Waals surface area contributed by atoms with Crippen molar-refractivity contribution in [1.82, 2.24) is 9.80 Å². The van der Waals surface area contributed by atoms with Crippen LogP contribution < -0.4 is 0 Å². The molecule has 1 saturated heterocycles. The van der Waals surface area contributed by atoms with E-state index in [4.69, 9.17) is 0 Å². The van der Waals surface area contributed by atoms with E-state index in [2.05, 4.69) is 37.9 Å². The van der Waals surface area contributed by atoms with Crippen LogP contribution in [-0.2, 0) is 0 Å². The number of likely N-dealkylation sites (tertiary alicyclic amines) is 1. The van der Waals surface area contributed by atoms with E-state index in [0.717, 1.165) is 12.3 Å². The highest BCUT2D eigenvalue weighted by Gasteiger charge is 2.31. The third-order valence-corrected chi connectivity index (χ3v) is 4.08. The van der Waals surface area contributed by atoms with Crippen molar-refractivity contribution in [2.24, 2.45) is 11.8 Å². The smallest absolute Gasteiger partial charge is 0.0474 e. The van der Waals surface area contributed by atoms with Gasteiger partial charge in [0, 0.05) is 12.6 Å². The van der Waals surface area contributed by atoms with E-state index in [0.29, 0.717) is 18.6 Å². The number of aliphatic hydroxyl groups excluding tert-OH is 1. The molecule has 1 fully saturated rings. The first-order valence-electron chi connectivity index (χ1n) is 6.56. The first-order valence-corrected chi connectivity index (χ1v) is 6.56. The molecule has 1 heterocycles. The standard InChI is InChI=1S/C13H28N2O/c1-5-11(10-16)13(14(2)3)12-6-8-15(4)9-7-12/h11-13,16H,5-10H2,1-4H3. The Morgan fingerprint density at radius 1 is 1.31 bits per heavy atom. The fourth-order valence-electron chi connectivity index (χ4n) is 3.08. The molecule has 3 heteroatoms. The molecule has 0 aromatic rings. The third kappa shape index (κ3) is 3.44. The Morgan fingerprint density at radius 3 is 2.25 bits per heavy atom. The van der Waals surface area contributed by atoms with Gasteiger partial charge in [-0.1, -0.05) is 6.92 Å². The molecule has 1 rings (SSSR count). The summed E-state index contributed by atoms with van der Waals surface area (Å²) in [5, 5.41) is 9.49. The molecule has 16 heavy (non-hydrogen) atoms. The second-order valence-corrected chi connectivity index (χ2v) is 5.45. The van der Waals surface area contributed by atoms with Crippen molar-refractivity contribution in [2.75, 3.05) is 40.8 Å². The van der Waals surface area contributed by atoms with Gasteiger partial charge in [0.15, 0.2) is 0 Å². The molecule has 1 N–H and O–H groups in total. The molecular weight excluding hydrogens is 200 g/mol. The lowest BCUT2D eigenvalue weighted by atomic mass is 9.80. The first kappa shape index (κ1) is 13.9. The van der Waals surface area contributed by atoms with Crippen molar-refractivity contribution in [3.8, 4) is 0 Å². The Kier molecular flexibility index (Phi) is 5.73. The lowest BCUT2D eigenvalue weighted by Crippen LogP contribution is -2.46. The first-order chi connectivity index (χ1) is 7.60. The molecule has 0 aromatic heterocycles. The predicted molar refractivity (Wildman–Crippen MR) is 68.6 cm³/mol. The largest absolute Gasteiger partial charge is 0.396 e. The molecule has 1 aliphatic rings. The van der Waals surface area contributed by atoms with Gasteiger partial charge in [-0.2, -0.15) is 0 Å². The Balaban J connectivity index is 2.62. The van der Waals surface area contributed by atoms with Gasteiger partial charge in [0.25, 0.3) is 0 Å². The molecule has 0 saturated carbocycles. The predicted octanol–water partition coefficient (Wildman–Crippen LogP) is 1.28. The monoisotopic (exact) mass is 228 g/mol. The molecule has 0 spiro atoms. The molecule has 2 unspecified atom stereocenters. The van der Waals surface area contributed by atoms with E-state index in [1.807, 2.05) is 0 Å². The number of piperidine rings is 1. The van der Waals surface area contributed by atoms with Crippen molar-refractivity contribution in [3.63, 3.8) is 0 Å². The van der Waals surface area contributed by atoms with Crippen molar-refractivity contribution < 1.29 is 5.11 Å². The molecule has 3 nitrogen and oxygen atoms in total. The van der Waals surface area contributed by atoms with E-state index in [9.17, 15) is 5.11 Å². The average molecular weight is 228 g/mol. The van der Waals surface area contributed by atoms with Gasteiger partial charge in [-0.15, -0.1) is 0 Å². The van der Waals surface area contributed by atoms with Gasteiger partial charge in [-0.3, -0.25) is 0 Å². The number of hydrogen-bond acceptors (Lipinski definition) is 3. The highest BCUT2D eigenvalue weighted by atomic mass is 16.3. The molecular formula is C13H28N2O. The van der Waals surface area contributed by atoms with Gasteiger partial charge in [-0.05, 0) is 65.3 Å². The van der Waals surface area contributed by atoms with Crippen LogP contribution in [0.1, 0.15) is 26.2 Å². The number of hydrogen-bond donors (Lipinski definition) is 1. The topological polar surface area (TPSA) is 26.7 Å². The number of aliphatic hydroxyl groups is 1. The van der Waals surface area contributed by atoms with Crippen molar-refractivity contribution >= 4 is 0 Å². The Morgan fingerprint density at radius 2 is 1.88 bits per heavy atom. The highest BCUT2D eigenvalue weighted by Crippen LogP contribution is 2.28. The van der Waals surface area contributed by atoms with Gasteiger partial charge in [0.2, 0.25) is 0 Å². The molecule has 2 atom stereocenters. The second kappa shape index (κ2) is 6.58. The molecule has 0 radical (unpaired) electrons. The Hall–Kier alpha value is -0.120. The van der Waals surface area contributed by atoms with Crippen LogP contribution in [0.4, 0.5) is 0 Å². The molecule has 1 aliphatic heterocycles. The zero-order valence-electron chi connectivity index (χ0n) is 11.3. The lowest BCUT2D eigenvalue weighted by Gasteiger charge is -2.41. The second-order valence-electron chi connectivity index (χ2n) is 5.45. The quantitative estimate of drug-likeness (QED) is 0.768. The van der Waals surface area contributed by atoms with E-state index < -0.39 is 0 Å². The van der Waals surface area contributed by atoms with E-state index in [1.54, 1.807) is 0 Å². The van der Waals surface area contributed by atoms with E-state index in [1.165, 1.54) is 25.9 Å². The summed E-state index contributed by atoms with van der Waals surface area (Å²) >= 11 is 0. The zero-order valence-corrected chi connectivity index (χ0v) is 11.3. The van der Waals surface area contributed by atoms with Crippen molar-refractivity contribution in [3.05, 3.63) is 0 Å². The van der Waals surface area contributed by atoms with Crippen LogP contribution in [0.25, 0.3) is 0 Å². The van der Waals surface area contributed by atoms with Crippen LogP contribution in [-0.4, -0.2) is 61.8 Å². The fraction of sp³-hybridized carbons (Fsp3) is 1.00. The summed E-state index contributed by atoms with van der Waals surface area (Å²) in [4.78, 5) is 4.73. The number of nitrogens with zero attached hydrogens (tertiary/aromatic N) is 2.